The molecule has 0 atom stereocenters. The normalized spacial score (nSPS) is 17.5. The number of β-amino-alcohol motifs (C(OH)–C–C–N with tert-alkyl or cyclic N) is 1. The zero-order valence-electron chi connectivity index (χ0n) is 11.9. The van der Waals surface area contributed by atoms with Gasteiger partial charge in [0.15, 0.2) is 0 Å². The molecule has 1 aromatic rings. The molecule has 118 valence electrons. The number of likely N-dealkylation sites (tertiary alicyclic amines) is 1. The van der Waals surface area contributed by atoms with E-state index < -0.39 is 15.6 Å². The monoisotopic (exact) mass is 332 g/mol. The van der Waals surface area contributed by atoms with Crippen LogP contribution in [0.5, 0.6) is 0 Å². The molecule has 2 heterocycles. The van der Waals surface area contributed by atoms with Gasteiger partial charge in [-0.1, -0.05) is 19.4 Å². The minimum absolute atomic E-state index is 0.0712. The lowest BCUT2D eigenvalue weighted by Crippen LogP contribution is -2.63. The van der Waals surface area contributed by atoms with Gasteiger partial charge < -0.3 is 10.0 Å². The quantitative estimate of drug-likeness (QED) is 0.773. The van der Waals surface area contributed by atoms with Crippen molar-refractivity contribution < 1.29 is 18.3 Å². The Kier molecular flexibility index (Phi) is 5.03. The van der Waals surface area contributed by atoms with E-state index in [-0.39, 0.29) is 23.1 Å². The predicted octanol–water partition coefficient (Wildman–Crippen LogP) is 0.790. The fourth-order valence-corrected chi connectivity index (χ4v) is 4.47. The molecule has 1 amide bonds. The summed E-state index contributed by atoms with van der Waals surface area (Å²) < 4.78 is 26.4. The molecule has 0 saturated carbocycles. The number of thiophene rings is 1. The van der Waals surface area contributed by atoms with Crippen molar-refractivity contribution in [2.45, 2.75) is 36.0 Å². The molecule has 1 fully saturated rings. The van der Waals surface area contributed by atoms with Crippen LogP contribution in [0.4, 0.5) is 0 Å². The molecule has 1 aliphatic rings. The molecule has 1 aromatic heterocycles. The lowest BCUT2D eigenvalue weighted by molar-refractivity contribution is -0.156. The Bertz CT molecular complexity index is 577. The topological polar surface area (TPSA) is 86.7 Å². The number of amides is 1. The standard InChI is InChI=1S/C13H20N2O4S2/c1-2-6-13(17)9-15(10-13)11(16)5-7-14-21(18,19)12-4-3-8-20-12/h3-4,8,14,17H,2,5-7,9-10H2,1H3. The zero-order chi connectivity index (χ0) is 15.5. The average Bonchev–Trinajstić information content (AvgIpc) is 2.90. The van der Waals surface area contributed by atoms with E-state index in [1.54, 1.807) is 16.3 Å². The third kappa shape index (κ3) is 4.03. The first-order valence-electron chi connectivity index (χ1n) is 6.90. The summed E-state index contributed by atoms with van der Waals surface area (Å²) in [5.41, 5.74) is -0.749. The van der Waals surface area contributed by atoms with E-state index in [2.05, 4.69) is 4.72 Å². The van der Waals surface area contributed by atoms with E-state index >= 15 is 0 Å². The van der Waals surface area contributed by atoms with Gasteiger partial charge in [-0.15, -0.1) is 11.3 Å². The molecular formula is C13H20N2O4S2. The summed E-state index contributed by atoms with van der Waals surface area (Å²) in [6.45, 7) is 2.75. The number of aliphatic hydroxyl groups is 1. The zero-order valence-corrected chi connectivity index (χ0v) is 13.5. The van der Waals surface area contributed by atoms with Gasteiger partial charge in [0.05, 0.1) is 18.7 Å². The average molecular weight is 332 g/mol. The van der Waals surface area contributed by atoms with Gasteiger partial charge >= 0.3 is 0 Å². The van der Waals surface area contributed by atoms with E-state index in [9.17, 15) is 18.3 Å². The molecule has 1 aliphatic heterocycles. The molecule has 0 radical (unpaired) electrons. The van der Waals surface area contributed by atoms with Crippen LogP contribution in [-0.2, 0) is 14.8 Å². The summed E-state index contributed by atoms with van der Waals surface area (Å²) in [4.78, 5) is 13.4. The van der Waals surface area contributed by atoms with Crippen LogP contribution in [-0.4, -0.2) is 49.6 Å². The molecule has 21 heavy (non-hydrogen) atoms. The maximum Gasteiger partial charge on any atom is 0.250 e. The van der Waals surface area contributed by atoms with Crippen LogP contribution in [0.3, 0.4) is 0 Å². The predicted molar refractivity (Wildman–Crippen MR) is 80.6 cm³/mol. The van der Waals surface area contributed by atoms with Gasteiger partial charge in [-0.3, -0.25) is 4.79 Å². The first-order chi connectivity index (χ1) is 9.86. The number of hydrogen-bond acceptors (Lipinski definition) is 5. The Morgan fingerprint density at radius 1 is 1.52 bits per heavy atom. The SMILES string of the molecule is CCCC1(O)CN(C(=O)CCNS(=O)(=O)c2cccs2)C1. The Balaban J connectivity index is 1.74. The third-order valence-electron chi connectivity index (χ3n) is 3.43. The Morgan fingerprint density at radius 2 is 2.24 bits per heavy atom. The van der Waals surface area contributed by atoms with Gasteiger partial charge in [0, 0.05) is 13.0 Å². The molecule has 2 rings (SSSR count). The van der Waals surface area contributed by atoms with E-state index in [1.165, 1.54) is 6.07 Å². The van der Waals surface area contributed by atoms with Crippen LogP contribution in [0.1, 0.15) is 26.2 Å². The molecule has 0 unspecified atom stereocenters. The minimum atomic E-state index is -3.51. The van der Waals surface area contributed by atoms with Crippen LogP contribution >= 0.6 is 11.3 Å². The highest BCUT2D eigenvalue weighted by atomic mass is 32.2. The van der Waals surface area contributed by atoms with Gasteiger partial charge in [-0.05, 0) is 17.9 Å². The second-order valence-electron chi connectivity index (χ2n) is 5.30. The molecule has 0 spiro atoms. The molecule has 6 nitrogen and oxygen atoms in total. The van der Waals surface area contributed by atoms with Crippen molar-refractivity contribution in [2.24, 2.45) is 0 Å². The largest absolute Gasteiger partial charge is 0.386 e. The molecule has 2 N–H and O–H groups in total. The van der Waals surface area contributed by atoms with E-state index in [0.29, 0.717) is 19.5 Å². The van der Waals surface area contributed by atoms with E-state index in [1.807, 2.05) is 6.92 Å². The van der Waals surface area contributed by atoms with E-state index in [0.717, 1.165) is 17.8 Å². The fourth-order valence-electron chi connectivity index (χ4n) is 2.40. The molecule has 8 heteroatoms. The summed E-state index contributed by atoms with van der Waals surface area (Å²) in [5.74, 6) is -0.135. The van der Waals surface area contributed by atoms with E-state index in [4.69, 9.17) is 0 Å². The number of nitrogens with one attached hydrogen (secondary N) is 1. The van der Waals surface area contributed by atoms with Crippen LogP contribution in [0.2, 0.25) is 0 Å². The lowest BCUT2D eigenvalue weighted by Gasteiger charge is -2.46. The summed E-state index contributed by atoms with van der Waals surface area (Å²) in [5, 5.41) is 11.7. The summed E-state index contributed by atoms with van der Waals surface area (Å²) in [6.07, 6.45) is 1.66. The highest BCUT2D eigenvalue weighted by Crippen LogP contribution is 2.26. The van der Waals surface area contributed by atoms with Crippen molar-refractivity contribution in [3.63, 3.8) is 0 Å². The Morgan fingerprint density at radius 3 is 2.81 bits per heavy atom. The second-order valence-corrected chi connectivity index (χ2v) is 8.25. The van der Waals surface area contributed by atoms with Crippen LogP contribution in [0.25, 0.3) is 0 Å². The van der Waals surface area contributed by atoms with Gasteiger partial charge in [-0.25, -0.2) is 13.1 Å². The molecule has 0 aliphatic carbocycles. The van der Waals surface area contributed by atoms with Gasteiger partial charge in [0.1, 0.15) is 4.21 Å². The number of rotatable bonds is 7. The van der Waals surface area contributed by atoms with Crippen molar-refractivity contribution in [3.8, 4) is 0 Å². The third-order valence-corrected chi connectivity index (χ3v) is 6.29. The van der Waals surface area contributed by atoms with Crippen LogP contribution < -0.4 is 4.72 Å². The number of carbonyl (C=O) groups is 1. The Labute approximate surface area is 128 Å². The number of hydrogen-bond donors (Lipinski definition) is 2. The fraction of sp³-hybridized carbons (Fsp3) is 0.615. The molecule has 0 aromatic carbocycles. The molecule has 1 saturated heterocycles. The van der Waals surface area contributed by atoms with Crippen molar-refractivity contribution in [2.75, 3.05) is 19.6 Å². The number of sulfonamides is 1. The Hall–Kier alpha value is -0.960. The first-order valence-corrected chi connectivity index (χ1v) is 9.26. The van der Waals surface area contributed by atoms with Crippen molar-refractivity contribution >= 4 is 27.3 Å². The van der Waals surface area contributed by atoms with Crippen molar-refractivity contribution in [3.05, 3.63) is 17.5 Å². The van der Waals surface area contributed by atoms with Crippen LogP contribution in [0, 0.1) is 0 Å². The van der Waals surface area contributed by atoms with Gasteiger partial charge in [-0.2, -0.15) is 0 Å². The maximum atomic E-state index is 11.9. The lowest BCUT2D eigenvalue weighted by atomic mass is 9.89. The number of carbonyl (C=O) groups excluding carboxylic acids is 1. The van der Waals surface area contributed by atoms with Crippen LogP contribution in [0.15, 0.2) is 21.7 Å². The van der Waals surface area contributed by atoms with Gasteiger partial charge in [0.2, 0.25) is 15.9 Å². The molecule has 0 bridgehead atoms. The first kappa shape index (κ1) is 16.4. The maximum absolute atomic E-state index is 11.9. The summed E-state index contributed by atoms with van der Waals surface area (Å²) in [7, 11) is -3.51. The summed E-state index contributed by atoms with van der Waals surface area (Å²) in [6, 6.07) is 3.19. The second kappa shape index (κ2) is 6.43. The summed E-state index contributed by atoms with van der Waals surface area (Å²) >= 11 is 1.14. The molecular weight excluding hydrogens is 312 g/mol. The van der Waals surface area contributed by atoms with Crippen molar-refractivity contribution in [1.82, 2.24) is 9.62 Å². The highest BCUT2D eigenvalue weighted by Gasteiger charge is 2.42. The van der Waals surface area contributed by atoms with Gasteiger partial charge in [0.25, 0.3) is 0 Å². The highest BCUT2D eigenvalue weighted by molar-refractivity contribution is 7.91. The smallest absolute Gasteiger partial charge is 0.250 e. The van der Waals surface area contributed by atoms with Crippen molar-refractivity contribution in [1.29, 1.82) is 0 Å². The minimum Gasteiger partial charge on any atom is -0.386 e. The number of nitrogens with zero attached hydrogens (tertiary/aromatic N) is 1.